The fraction of sp³-hybridized carbons (Fsp3) is 0.444. The largest absolute Gasteiger partial charge is 0.345 e. The third kappa shape index (κ3) is 5.16. The molecule has 1 fully saturated rings. The van der Waals surface area contributed by atoms with Gasteiger partial charge in [0, 0.05) is 13.0 Å². The smallest absolute Gasteiger partial charge is 0.263 e. The summed E-state index contributed by atoms with van der Waals surface area (Å²) in [5.74, 6) is -0.333. The van der Waals surface area contributed by atoms with Gasteiger partial charge >= 0.3 is 0 Å². The first-order valence-corrected chi connectivity index (χ1v) is 9.06. The predicted octanol–water partition coefficient (Wildman–Crippen LogP) is 4.03. The van der Waals surface area contributed by atoms with Gasteiger partial charge in [-0.05, 0) is 37.5 Å². The molecule has 1 aliphatic carbocycles. The van der Waals surface area contributed by atoms with Crippen LogP contribution in [0.15, 0.2) is 24.3 Å². The average Bonchev–Trinajstić information content (AvgIpc) is 3.17. The van der Waals surface area contributed by atoms with E-state index in [1.54, 1.807) is 12.1 Å². The Bertz CT molecular complexity index is 731. The van der Waals surface area contributed by atoms with Crippen molar-refractivity contribution in [1.82, 2.24) is 10.3 Å². The summed E-state index contributed by atoms with van der Waals surface area (Å²) in [6, 6.07) is 6.37. The van der Waals surface area contributed by atoms with E-state index in [1.165, 1.54) is 23.5 Å². The zero-order chi connectivity index (χ0) is 17.2. The summed E-state index contributed by atoms with van der Waals surface area (Å²) >= 11 is 1.40. The summed E-state index contributed by atoms with van der Waals surface area (Å²) in [5.41, 5.74) is 7.35. The Kier molecular flexibility index (Phi) is 8.47. The van der Waals surface area contributed by atoms with Gasteiger partial charge in [0.15, 0.2) is 0 Å². The number of hydrogen-bond acceptors (Lipinski definition) is 4. The first kappa shape index (κ1) is 22.8. The highest BCUT2D eigenvalue weighted by molar-refractivity contribution is 7.13. The fourth-order valence-electron chi connectivity index (χ4n) is 3.24. The van der Waals surface area contributed by atoms with Crippen LogP contribution in [0.4, 0.5) is 4.39 Å². The maximum absolute atomic E-state index is 13.0. The second kappa shape index (κ2) is 9.65. The fourth-order valence-corrected chi connectivity index (χ4v) is 4.24. The molecule has 3 N–H and O–H groups in total. The lowest BCUT2D eigenvalue weighted by atomic mass is 9.98. The molecule has 1 heterocycles. The van der Waals surface area contributed by atoms with E-state index in [9.17, 15) is 9.18 Å². The van der Waals surface area contributed by atoms with Crippen LogP contribution in [0.2, 0.25) is 0 Å². The highest BCUT2D eigenvalue weighted by Crippen LogP contribution is 2.30. The van der Waals surface area contributed by atoms with Crippen LogP contribution in [0.1, 0.15) is 51.6 Å². The molecule has 0 atom stereocenters. The van der Waals surface area contributed by atoms with Crippen molar-refractivity contribution in [3.63, 3.8) is 0 Å². The highest BCUT2D eigenvalue weighted by atomic mass is 35.5. The Morgan fingerprint density at radius 1 is 1.27 bits per heavy atom. The molecule has 144 valence electrons. The molecule has 0 aliphatic heterocycles. The van der Waals surface area contributed by atoms with Crippen LogP contribution in [-0.2, 0) is 6.42 Å². The number of rotatable bonds is 5. The van der Waals surface area contributed by atoms with Gasteiger partial charge in [0.2, 0.25) is 0 Å². The Labute approximate surface area is 169 Å². The zero-order valence-corrected chi connectivity index (χ0v) is 17.0. The number of aromatic nitrogens is 1. The highest BCUT2D eigenvalue weighted by Gasteiger charge is 2.34. The molecule has 1 saturated carbocycles. The Morgan fingerprint density at radius 3 is 2.46 bits per heavy atom. The average molecular weight is 420 g/mol. The van der Waals surface area contributed by atoms with Crippen LogP contribution in [0.3, 0.4) is 0 Å². The molecule has 2 aromatic rings. The quantitative estimate of drug-likeness (QED) is 0.768. The molecule has 4 nitrogen and oxygen atoms in total. The number of aryl methyl sites for hydroxylation is 1. The SMILES string of the molecule is Cc1nc(Cc2ccc(F)cc2)sc1C(=O)NC1(CN)CCCC1.Cl.Cl. The van der Waals surface area contributed by atoms with Crippen LogP contribution in [0.5, 0.6) is 0 Å². The van der Waals surface area contributed by atoms with E-state index in [1.807, 2.05) is 6.92 Å². The summed E-state index contributed by atoms with van der Waals surface area (Å²) in [4.78, 5) is 17.8. The van der Waals surface area contributed by atoms with Gasteiger partial charge in [0.25, 0.3) is 5.91 Å². The third-order valence-electron chi connectivity index (χ3n) is 4.65. The van der Waals surface area contributed by atoms with Crippen molar-refractivity contribution in [2.45, 2.75) is 44.6 Å². The van der Waals surface area contributed by atoms with Crippen molar-refractivity contribution >= 4 is 42.1 Å². The lowest BCUT2D eigenvalue weighted by molar-refractivity contribution is 0.0906. The van der Waals surface area contributed by atoms with Crippen LogP contribution >= 0.6 is 36.2 Å². The normalized spacial score (nSPS) is 15.0. The number of amides is 1. The molecule has 3 rings (SSSR count). The van der Waals surface area contributed by atoms with Gasteiger partial charge in [-0.15, -0.1) is 36.2 Å². The van der Waals surface area contributed by atoms with Crippen LogP contribution in [0, 0.1) is 12.7 Å². The first-order valence-electron chi connectivity index (χ1n) is 8.25. The van der Waals surface area contributed by atoms with Crippen molar-refractivity contribution < 1.29 is 9.18 Å². The molecule has 0 spiro atoms. The lowest BCUT2D eigenvalue weighted by Crippen LogP contribution is -2.51. The Balaban J connectivity index is 0.00000169. The van der Waals surface area contributed by atoms with Crippen molar-refractivity contribution in [1.29, 1.82) is 0 Å². The standard InChI is InChI=1S/C18H22FN3OS.2ClH/c1-12-16(17(23)22-18(11-20)8-2-3-9-18)24-15(21-12)10-13-4-6-14(19)7-5-13;;/h4-7H,2-3,8-11,20H2,1H3,(H,22,23);2*1H. The van der Waals surface area contributed by atoms with Crippen molar-refractivity contribution in [3.05, 3.63) is 51.2 Å². The number of nitrogens with two attached hydrogens (primary N) is 1. The number of carbonyl (C=O) groups is 1. The predicted molar refractivity (Wildman–Crippen MR) is 108 cm³/mol. The molecule has 0 unspecified atom stereocenters. The Hall–Kier alpha value is -1.21. The third-order valence-corrected chi connectivity index (χ3v) is 5.80. The number of nitrogens with one attached hydrogen (secondary N) is 1. The second-order valence-electron chi connectivity index (χ2n) is 6.47. The van der Waals surface area contributed by atoms with E-state index >= 15 is 0 Å². The van der Waals surface area contributed by atoms with Crippen LogP contribution in [0.25, 0.3) is 0 Å². The molecule has 1 amide bonds. The molecule has 1 aliphatic rings. The van der Waals surface area contributed by atoms with Gasteiger partial charge in [-0.2, -0.15) is 0 Å². The van der Waals surface area contributed by atoms with E-state index in [-0.39, 0.29) is 42.1 Å². The number of halogens is 3. The molecule has 8 heteroatoms. The number of benzene rings is 1. The molecule has 0 bridgehead atoms. The number of hydrogen-bond donors (Lipinski definition) is 2. The number of thiazole rings is 1. The van der Waals surface area contributed by atoms with E-state index in [0.717, 1.165) is 41.9 Å². The van der Waals surface area contributed by atoms with Crippen molar-refractivity contribution in [2.24, 2.45) is 5.73 Å². The summed E-state index contributed by atoms with van der Waals surface area (Å²) < 4.78 is 13.0. The molecule has 26 heavy (non-hydrogen) atoms. The van der Waals surface area contributed by atoms with Crippen molar-refractivity contribution in [2.75, 3.05) is 6.54 Å². The van der Waals surface area contributed by atoms with E-state index < -0.39 is 0 Å². The summed E-state index contributed by atoms with van der Waals surface area (Å²) in [5, 5.41) is 4.00. The molecule has 1 aromatic heterocycles. The van der Waals surface area contributed by atoms with Gasteiger partial charge < -0.3 is 11.1 Å². The maximum atomic E-state index is 13.0. The molecule has 1 aromatic carbocycles. The zero-order valence-electron chi connectivity index (χ0n) is 14.6. The van der Waals surface area contributed by atoms with Crippen molar-refractivity contribution in [3.8, 4) is 0 Å². The van der Waals surface area contributed by atoms with E-state index in [0.29, 0.717) is 17.8 Å². The maximum Gasteiger partial charge on any atom is 0.263 e. The summed E-state index contributed by atoms with van der Waals surface area (Å²) in [6.07, 6.45) is 4.69. The van der Waals surface area contributed by atoms with E-state index in [4.69, 9.17) is 5.73 Å². The second-order valence-corrected chi connectivity index (χ2v) is 7.55. The minimum atomic E-state index is -0.259. The topological polar surface area (TPSA) is 68.0 Å². The van der Waals surface area contributed by atoms with Crippen LogP contribution in [-0.4, -0.2) is 23.0 Å². The van der Waals surface area contributed by atoms with Gasteiger partial charge in [-0.3, -0.25) is 4.79 Å². The molecule has 0 radical (unpaired) electrons. The minimum Gasteiger partial charge on any atom is -0.345 e. The van der Waals surface area contributed by atoms with Gasteiger partial charge in [0.1, 0.15) is 10.7 Å². The van der Waals surface area contributed by atoms with Crippen LogP contribution < -0.4 is 11.1 Å². The van der Waals surface area contributed by atoms with Gasteiger partial charge in [0.05, 0.1) is 16.2 Å². The summed E-state index contributed by atoms with van der Waals surface area (Å²) in [7, 11) is 0. The first-order chi connectivity index (χ1) is 11.5. The Morgan fingerprint density at radius 2 is 1.88 bits per heavy atom. The monoisotopic (exact) mass is 419 g/mol. The van der Waals surface area contributed by atoms with E-state index in [2.05, 4.69) is 10.3 Å². The molecular weight excluding hydrogens is 396 g/mol. The molecule has 0 saturated heterocycles. The lowest BCUT2D eigenvalue weighted by Gasteiger charge is -2.28. The van der Waals surface area contributed by atoms with Gasteiger partial charge in [-0.25, -0.2) is 9.37 Å². The molecular formula is C18H24Cl2FN3OS. The number of carbonyl (C=O) groups excluding carboxylic acids is 1. The van der Waals surface area contributed by atoms with Gasteiger partial charge in [-0.1, -0.05) is 25.0 Å². The minimum absolute atomic E-state index is 0. The number of nitrogens with zero attached hydrogens (tertiary/aromatic N) is 1. The summed E-state index contributed by atoms with van der Waals surface area (Å²) in [6.45, 7) is 2.32.